The number of carboxylic acid groups (broad SMARTS) is 1. The second-order valence-corrected chi connectivity index (χ2v) is 3.95. The van der Waals surface area contributed by atoms with Crippen molar-refractivity contribution >= 4 is 23.6 Å². The van der Waals surface area contributed by atoms with Crippen LogP contribution < -0.4 is 5.32 Å². The normalized spacial score (nSPS) is 10.1. The summed E-state index contributed by atoms with van der Waals surface area (Å²) in [6.07, 6.45) is 0. The van der Waals surface area contributed by atoms with Gasteiger partial charge in [-0.05, 0) is 0 Å². The molecule has 0 bridgehead atoms. The van der Waals surface area contributed by atoms with Crippen LogP contribution in [0.3, 0.4) is 0 Å². The Bertz CT molecular complexity index is 212. The third-order valence-corrected chi connectivity index (χ3v) is 2.38. The second-order valence-electron chi connectivity index (χ2n) is 2.84. The minimum atomic E-state index is -1.01. The summed E-state index contributed by atoms with van der Waals surface area (Å²) in [5.74, 6) is 0.0586. The molecule has 0 aliphatic heterocycles. The highest BCUT2D eigenvalue weighted by Gasteiger charge is 2.01. The van der Waals surface area contributed by atoms with Gasteiger partial charge in [0, 0.05) is 19.4 Å². The summed E-state index contributed by atoms with van der Waals surface area (Å²) in [4.78, 5) is 21.2. The van der Waals surface area contributed by atoms with Crippen molar-refractivity contribution in [2.75, 3.05) is 45.0 Å². The van der Waals surface area contributed by atoms with Crippen molar-refractivity contribution in [3.8, 4) is 0 Å². The van der Waals surface area contributed by atoms with Crippen LogP contribution in [-0.2, 0) is 19.1 Å². The lowest BCUT2D eigenvalue weighted by Gasteiger charge is -2.04. The van der Waals surface area contributed by atoms with Crippen molar-refractivity contribution in [2.45, 2.75) is 0 Å². The number of rotatable bonds is 10. The van der Waals surface area contributed by atoms with Gasteiger partial charge in [-0.3, -0.25) is 4.79 Å². The molecule has 0 rings (SSSR count). The van der Waals surface area contributed by atoms with Gasteiger partial charge in [-0.25, -0.2) is 4.79 Å². The average molecular weight is 251 g/mol. The zero-order chi connectivity index (χ0) is 12.2. The van der Waals surface area contributed by atoms with E-state index in [2.05, 4.69) is 5.32 Å². The lowest BCUT2D eigenvalue weighted by molar-refractivity contribution is -0.142. The zero-order valence-corrected chi connectivity index (χ0v) is 10.0. The Morgan fingerprint density at radius 2 is 2.12 bits per heavy atom. The molecule has 0 aliphatic rings. The van der Waals surface area contributed by atoms with Crippen LogP contribution in [0.2, 0.25) is 0 Å². The minimum absolute atomic E-state index is 0.0833. The van der Waals surface area contributed by atoms with Crippen molar-refractivity contribution < 1.29 is 24.2 Å². The minimum Gasteiger partial charge on any atom is -0.480 e. The fraction of sp³-hybridized carbons (Fsp3) is 0.778. The van der Waals surface area contributed by atoms with E-state index in [1.165, 1.54) is 11.8 Å². The first kappa shape index (κ1) is 15.2. The molecule has 6 nitrogen and oxygen atoms in total. The molecule has 0 aromatic carbocycles. The van der Waals surface area contributed by atoms with Gasteiger partial charge in [0.05, 0.1) is 19.0 Å². The van der Waals surface area contributed by atoms with E-state index in [-0.39, 0.29) is 19.1 Å². The first-order chi connectivity index (χ1) is 7.66. The standard InChI is InChI=1S/C9H17NO5S/c1-14-4-5-16-7-8(11)10-2-3-15-6-9(12)13/h2-7H2,1H3,(H,10,11)(H,12,13). The molecule has 0 aliphatic carbocycles. The number of thioether (sulfide) groups is 1. The van der Waals surface area contributed by atoms with Crippen LogP contribution in [0.5, 0.6) is 0 Å². The predicted molar refractivity (Wildman–Crippen MR) is 60.7 cm³/mol. The summed E-state index contributed by atoms with van der Waals surface area (Å²) in [5, 5.41) is 10.9. The smallest absolute Gasteiger partial charge is 0.329 e. The summed E-state index contributed by atoms with van der Waals surface area (Å²) in [6, 6.07) is 0. The van der Waals surface area contributed by atoms with Crippen LogP contribution in [0.4, 0.5) is 0 Å². The van der Waals surface area contributed by atoms with Gasteiger partial charge in [0.2, 0.25) is 5.91 Å². The van der Waals surface area contributed by atoms with Gasteiger partial charge in [-0.15, -0.1) is 11.8 Å². The Hall–Kier alpha value is -0.790. The fourth-order valence-corrected chi connectivity index (χ4v) is 1.50. The monoisotopic (exact) mass is 251 g/mol. The molecular weight excluding hydrogens is 234 g/mol. The molecule has 0 radical (unpaired) electrons. The number of amides is 1. The molecule has 2 N–H and O–H groups in total. The maximum Gasteiger partial charge on any atom is 0.329 e. The molecule has 7 heteroatoms. The lowest BCUT2D eigenvalue weighted by Crippen LogP contribution is -2.29. The number of hydrogen-bond donors (Lipinski definition) is 2. The first-order valence-electron chi connectivity index (χ1n) is 4.79. The zero-order valence-electron chi connectivity index (χ0n) is 9.23. The number of ether oxygens (including phenoxy) is 2. The molecule has 0 aromatic rings. The van der Waals surface area contributed by atoms with Crippen LogP contribution >= 0.6 is 11.8 Å². The molecule has 1 amide bonds. The van der Waals surface area contributed by atoms with E-state index in [1.54, 1.807) is 7.11 Å². The molecule has 0 unspecified atom stereocenters. The van der Waals surface area contributed by atoms with E-state index >= 15 is 0 Å². The molecule has 0 saturated carbocycles. The van der Waals surface area contributed by atoms with Gasteiger partial charge in [-0.2, -0.15) is 0 Å². The molecule has 0 atom stereocenters. The van der Waals surface area contributed by atoms with Gasteiger partial charge < -0.3 is 19.9 Å². The maximum absolute atomic E-state index is 11.2. The lowest BCUT2D eigenvalue weighted by atomic mass is 10.6. The van der Waals surface area contributed by atoms with E-state index in [0.29, 0.717) is 18.9 Å². The molecular formula is C9H17NO5S. The Morgan fingerprint density at radius 3 is 2.75 bits per heavy atom. The third-order valence-electron chi connectivity index (χ3n) is 1.46. The van der Waals surface area contributed by atoms with E-state index in [9.17, 15) is 9.59 Å². The van der Waals surface area contributed by atoms with Crippen molar-refractivity contribution in [1.29, 1.82) is 0 Å². The van der Waals surface area contributed by atoms with Crippen molar-refractivity contribution in [2.24, 2.45) is 0 Å². The first-order valence-corrected chi connectivity index (χ1v) is 5.95. The van der Waals surface area contributed by atoms with E-state index in [4.69, 9.17) is 14.6 Å². The Morgan fingerprint density at radius 1 is 1.38 bits per heavy atom. The molecule has 94 valence electrons. The van der Waals surface area contributed by atoms with Crippen LogP contribution in [0.15, 0.2) is 0 Å². The summed E-state index contributed by atoms with van der Waals surface area (Å²) in [5.41, 5.74) is 0. The van der Waals surface area contributed by atoms with Crippen molar-refractivity contribution in [3.63, 3.8) is 0 Å². The second kappa shape index (κ2) is 10.7. The number of methoxy groups -OCH3 is 1. The number of nitrogens with one attached hydrogen (secondary N) is 1. The van der Waals surface area contributed by atoms with Gasteiger partial charge in [0.25, 0.3) is 0 Å². The number of carbonyl (C=O) groups is 2. The highest BCUT2D eigenvalue weighted by molar-refractivity contribution is 7.99. The third kappa shape index (κ3) is 11.3. The molecule has 16 heavy (non-hydrogen) atoms. The predicted octanol–water partition coefficient (Wildman–Crippen LogP) is -0.417. The summed E-state index contributed by atoms with van der Waals surface area (Å²) in [7, 11) is 1.61. The number of aliphatic carboxylic acids is 1. The topological polar surface area (TPSA) is 84.9 Å². The fourth-order valence-electron chi connectivity index (χ4n) is 0.780. The van der Waals surface area contributed by atoms with E-state index < -0.39 is 5.97 Å². The highest BCUT2D eigenvalue weighted by Crippen LogP contribution is 1.97. The van der Waals surface area contributed by atoms with Crippen LogP contribution in [-0.4, -0.2) is 62.0 Å². The number of carboxylic acids is 1. The van der Waals surface area contributed by atoms with E-state index in [1.807, 2.05) is 0 Å². The molecule has 0 saturated heterocycles. The molecule has 0 aromatic heterocycles. The SMILES string of the molecule is COCCSCC(=O)NCCOCC(=O)O. The highest BCUT2D eigenvalue weighted by atomic mass is 32.2. The Kier molecular flexibility index (Phi) is 10.2. The van der Waals surface area contributed by atoms with Crippen LogP contribution in [0.25, 0.3) is 0 Å². The largest absolute Gasteiger partial charge is 0.480 e. The average Bonchev–Trinajstić information content (AvgIpc) is 2.23. The van der Waals surface area contributed by atoms with Gasteiger partial charge in [-0.1, -0.05) is 0 Å². The molecule has 0 spiro atoms. The summed E-state index contributed by atoms with van der Waals surface area (Å²) >= 11 is 1.48. The maximum atomic E-state index is 11.2. The summed E-state index contributed by atoms with van der Waals surface area (Å²) < 4.78 is 9.58. The van der Waals surface area contributed by atoms with Crippen LogP contribution in [0, 0.1) is 0 Å². The summed E-state index contributed by atoms with van der Waals surface area (Å²) in [6.45, 7) is 0.829. The van der Waals surface area contributed by atoms with Gasteiger partial charge in [0.15, 0.2) is 0 Å². The quantitative estimate of drug-likeness (QED) is 0.513. The van der Waals surface area contributed by atoms with Crippen LogP contribution in [0.1, 0.15) is 0 Å². The Labute approximate surface area is 98.7 Å². The van der Waals surface area contributed by atoms with Crippen molar-refractivity contribution in [3.05, 3.63) is 0 Å². The number of carbonyl (C=O) groups excluding carboxylic acids is 1. The molecule has 0 fully saturated rings. The number of hydrogen-bond acceptors (Lipinski definition) is 5. The van der Waals surface area contributed by atoms with Crippen molar-refractivity contribution in [1.82, 2.24) is 5.32 Å². The Balaban J connectivity index is 3.20. The van der Waals surface area contributed by atoms with Gasteiger partial charge in [0.1, 0.15) is 6.61 Å². The molecule has 0 heterocycles. The van der Waals surface area contributed by atoms with Gasteiger partial charge >= 0.3 is 5.97 Å². The van der Waals surface area contributed by atoms with E-state index in [0.717, 1.165) is 5.75 Å².